The zero-order valence-corrected chi connectivity index (χ0v) is 16.1. The summed E-state index contributed by atoms with van der Waals surface area (Å²) in [6.07, 6.45) is 4.60. The highest BCUT2D eigenvalue weighted by Gasteiger charge is 2.55. The fourth-order valence-electron chi connectivity index (χ4n) is 3.59. The summed E-state index contributed by atoms with van der Waals surface area (Å²) in [5.74, 6) is -1.60. The van der Waals surface area contributed by atoms with Gasteiger partial charge in [0.05, 0.1) is 5.02 Å². The Morgan fingerprint density at radius 1 is 1.39 bits per heavy atom. The van der Waals surface area contributed by atoms with Crippen LogP contribution in [0.5, 0.6) is 0 Å². The fourth-order valence-corrected chi connectivity index (χ4v) is 3.70. The summed E-state index contributed by atoms with van der Waals surface area (Å²) in [7, 11) is 0. The lowest BCUT2D eigenvalue weighted by atomic mass is 9.73. The van der Waals surface area contributed by atoms with Gasteiger partial charge in [-0.3, -0.25) is 19.3 Å². The van der Waals surface area contributed by atoms with E-state index in [1.165, 1.54) is 12.3 Å². The standard InChI is InChI=1S/C18H21ClN4O5/c1-11-4-2-3-7-18(11)16(26)23(17(27)22-18)9-15(25)28-10-14(24)21-13-6-5-12(19)8-20-13/h5-6,8,11H,2-4,7,9-10H2,1H3,(H,22,27)(H,20,21,24)/t11-,18+/m1/s1. The molecule has 1 saturated heterocycles. The van der Waals surface area contributed by atoms with Crippen molar-refractivity contribution >= 4 is 41.2 Å². The molecule has 2 atom stereocenters. The molecule has 1 saturated carbocycles. The van der Waals surface area contributed by atoms with Crippen molar-refractivity contribution in [3.8, 4) is 0 Å². The minimum atomic E-state index is -0.937. The maximum atomic E-state index is 12.8. The van der Waals surface area contributed by atoms with Crippen molar-refractivity contribution in [3.05, 3.63) is 23.4 Å². The number of hydrogen-bond acceptors (Lipinski definition) is 6. The van der Waals surface area contributed by atoms with Gasteiger partial charge >= 0.3 is 12.0 Å². The van der Waals surface area contributed by atoms with Gasteiger partial charge in [-0.05, 0) is 30.9 Å². The SMILES string of the molecule is C[C@@H]1CCCC[C@]12NC(=O)N(CC(=O)OCC(=O)Nc1ccc(Cl)cn1)C2=O. The van der Waals surface area contributed by atoms with Crippen molar-refractivity contribution in [1.29, 1.82) is 0 Å². The third-order valence-corrected chi connectivity index (χ3v) is 5.37. The maximum Gasteiger partial charge on any atom is 0.326 e. The number of anilines is 1. The lowest BCUT2D eigenvalue weighted by molar-refractivity contribution is -0.150. The molecule has 1 spiro atoms. The number of carbonyl (C=O) groups is 4. The molecule has 1 aromatic heterocycles. The van der Waals surface area contributed by atoms with E-state index >= 15 is 0 Å². The van der Waals surface area contributed by atoms with E-state index < -0.39 is 42.5 Å². The second-order valence-electron chi connectivity index (χ2n) is 7.01. The molecule has 2 fully saturated rings. The molecule has 1 aliphatic heterocycles. The summed E-state index contributed by atoms with van der Waals surface area (Å²) in [5.41, 5.74) is -0.937. The molecule has 0 aromatic carbocycles. The summed E-state index contributed by atoms with van der Waals surface area (Å²) in [5, 5.41) is 5.62. The van der Waals surface area contributed by atoms with Gasteiger partial charge in [0.25, 0.3) is 11.8 Å². The van der Waals surface area contributed by atoms with E-state index in [2.05, 4.69) is 15.6 Å². The molecule has 0 unspecified atom stereocenters. The van der Waals surface area contributed by atoms with Gasteiger partial charge in [-0.15, -0.1) is 0 Å². The highest BCUT2D eigenvalue weighted by molar-refractivity contribution is 6.30. The lowest BCUT2D eigenvalue weighted by Crippen LogP contribution is -2.54. The number of rotatable bonds is 5. The number of nitrogens with zero attached hydrogens (tertiary/aromatic N) is 2. The molecule has 9 nitrogen and oxygen atoms in total. The fraction of sp³-hybridized carbons (Fsp3) is 0.500. The van der Waals surface area contributed by atoms with E-state index in [0.29, 0.717) is 11.4 Å². The van der Waals surface area contributed by atoms with Crippen LogP contribution >= 0.6 is 11.6 Å². The van der Waals surface area contributed by atoms with Crippen LogP contribution in [-0.4, -0.2) is 52.4 Å². The summed E-state index contributed by atoms with van der Waals surface area (Å²) in [4.78, 5) is 53.6. The molecule has 3 rings (SSSR count). The first-order valence-electron chi connectivity index (χ1n) is 9.03. The van der Waals surface area contributed by atoms with Gasteiger partial charge < -0.3 is 15.4 Å². The number of aromatic nitrogens is 1. The van der Waals surface area contributed by atoms with Crippen LogP contribution in [0.15, 0.2) is 18.3 Å². The third kappa shape index (κ3) is 4.09. The van der Waals surface area contributed by atoms with Gasteiger partial charge in [-0.2, -0.15) is 0 Å². The number of amides is 4. The molecule has 2 N–H and O–H groups in total. The van der Waals surface area contributed by atoms with Crippen molar-refractivity contribution in [3.63, 3.8) is 0 Å². The summed E-state index contributed by atoms with van der Waals surface area (Å²) in [6, 6.07) is 2.45. The van der Waals surface area contributed by atoms with Crippen LogP contribution in [-0.2, 0) is 19.1 Å². The second kappa shape index (κ2) is 8.14. The Balaban J connectivity index is 1.51. The molecule has 4 amide bonds. The predicted molar refractivity (Wildman–Crippen MR) is 99.4 cm³/mol. The number of halogens is 1. The van der Waals surface area contributed by atoms with Crippen LogP contribution in [0.1, 0.15) is 32.6 Å². The average molecular weight is 409 g/mol. The summed E-state index contributed by atoms with van der Waals surface area (Å²) in [6.45, 7) is 0.828. The van der Waals surface area contributed by atoms with E-state index in [0.717, 1.165) is 24.2 Å². The molecule has 1 aliphatic carbocycles. The Kier molecular flexibility index (Phi) is 5.83. The number of esters is 1. The first-order chi connectivity index (χ1) is 13.3. The minimum absolute atomic E-state index is 0.00336. The van der Waals surface area contributed by atoms with Crippen LogP contribution in [0.4, 0.5) is 10.6 Å². The first-order valence-corrected chi connectivity index (χ1v) is 9.41. The van der Waals surface area contributed by atoms with E-state index in [9.17, 15) is 19.2 Å². The van der Waals surface area contributed by atoms with Gasteiger partial charge in [0.2, 0.25) is 0 Å². The molecular weight excluding hydrogens is 388 g/mol. The molecule has 1 aromatic rings. The Morgan fingerprint density at radius 3 is 2.86 bits per heavy atom. The molecule has 2 heterocycles. The number of ether oxygens (including phenoxy) is 1. The van der Waals surface area contributed by atoms with Crippen LogP contribution in [0, 0.1) is 5.92 Å². The third-order valence-electron chi connectivity index (χ3n) is 5.15. The van der Waals surface area contributed by atoms with Gasteiger partial charge in [0.15, 0.2) is 6.61 Å². The summed E-state index contributed by atoms with van der Waals surface area (Å²) < 4.78 is 4.88. The highest BCUT2D eigenvalue weighted by atomic mass is 35.5. The zero-order valence-electron chi connectivity index (χ0n) is 15.4. The van der Waals surface area contributed by atoms with E-state index in [1.54, 1.807) is 6.07 Å². The van der Waals surface area contributed by atoms with Gasteiger partial charge in [-0.1, -0.05) is 31.4 Å². The van der Waals surface area contributed by atoms with Crippen molar-refractivity contribution in [1.82, 2.24) is 15.2 Å². The lowest BCUT2D eigenvalue weighted by Gasteiger charge is -2.36. The number of pyridine rings is 1. The van der Waals surface area contributed by atoms with Gasteiger partial charge in [0.1, 0.15) is 17.9 Å². The minimum Gasteiger partial charge on any atom is -0.454 e. The Labute approximate surface area is 166 Å². The molecule has 0 bridgehead atoms. The number of imide groups is 1. The molecule has 10 heteroatoms. The van der Waals surface area contributed by atoms with Crippen molar-refractivity contribution in [2.75, 3.05) is 18.5 Å². The predicted octanol–water partition coefficient (Wildman–Crippen LogP) is 1.72. The van der Waals surface area contributed by atoms with Crippen molar-refractivity contribution < 1.29 is 23.9 Å². The molecular formula is C18H21ClN4O5. The smallest absolute Gasteiger partial charge is 0.326 e. The Bertz CT molecular complexity index is 800. The van der Waals surface area contributed by atoms with Crippen molar-refractivity contribution in [2.45, 2.75) is 38.1 Å². The highest BCUT2D eigenvalue weighted by Crippen LogP contribution is 2.38. The van der Waals surface area contributed by atoms with Crippen LogP contribution in [0.25, 0.3) is 0 Å². The molecule has 150 valence electrons. The van der Waals surface area contributed by atoms with Crippen molar-refractivity contribution in [2.24, 2.45) is 5.92 Å². The Hall–Kier alpha value is -2.68. The topological polar surface area (TPSA) is 118 Å². The van der Waals surface area contributed by atoms with Gasteiger partial charge in [-0.25, -0.2) is 9.78 Å². The normalized spacial score (nSPS) is 24.2. The van der Waals surface area contributed by atoms with E-state index in [1.807, 2.05) is 6.92 Å². The molecule has 28 heavy (non-hydrogen) atoms. The largest absolute Gasteiger partial charge is 0.454 e. The molecule has 0 radical (unpaired) electrons. The Morgan fingerprint density at radius 2 is 2.18 bits per heavy atom. The van der Waals surface area contributed by atoms with Crippen LogP contribution in [0.3, 0.4) is 0 Å². The number of nitrogens with one attached hydrogen (secondary N) is 2. The van der Waals surface area contributed by atoms with Gasteiger partial charge in [0, 0.05) is 6.20 Å². The maximum absolute atomic E-state index is 12.8. The van der Waals surface area contributed by atoms with Crippen LogP contribution < -0.4 is 10.6 Å². The number of urea groups is 1. The summed E-state index contributed by atoms with van der Waals surface area (Å²) >= 11 is 5.71. The second-order valence-corrected chi connectivity index (χ2v) is 7.45. The number of hydrogen-bond donors (Lipinski definition) is 2. The van der Waals surface area contributed by atoms with E-state index in [-0.39, 0.29) is 11.7 Å². The average Bonchev–Trinajstić information content (AvgIpc) is 2.89. The number of carbonyl (C=O) groups excluding carboxylic acids is 4. The van der Waals surface area contributed by atoms with E-state index in [4.69, 9.17) is 16.3 Å². The van der Waals surface area contributed by atoms with Crippen LogP contribution in [0.2, 0.25) is 5.02 Å². The monoisotopic (exact) mass is 408 g/mol. The molecule has 2 aliphatic rings. The quantitative estimate of drug-likeness (QED) is 0.565. The zero-order chi connectivity index (χ0) is 20.3. The first kappa shape index (κ1) is 20.1.